The first kappa shape index (κ1) is 19.2. The van der Waals surface area contributed by atoms with Crippen molar-refractivity contribution in [2.24, 2.45) is 0 Å². The van der Waals surface area contributed by atoms with Crippen LogP contribution in [0.25, 0.3) is 10.2 Å². The van der Waals surface area contributed by atoms with Crippen molar-refractivity contribution in [3.05, 3.63) is 58.1 Å². The number of ether oxygens (including phenoxy) is 1. The van der Waals surface area contributed by atoms with Crippen molar-refractivity contribution in [2.75, 3.05) is 26.3 Å². The van der Waals surface area contributed by atoms with Gasteiger partial charge in [-0.15, -0.1) is 11.3 Å². The summed E-state index contributed by atoms with van der Waals surface area (Å²) < 4.78 is 8.78. The zero-order valence-corrected chi connectivity index (χ0v) is 17.9. The molecule has 4 rings (SSSR count). The highest BCUT2D eigenvalue weighted by Crippen LogP contribution is 2.30. The Labute approximate surface area is 170 Å². The standard InChI is InChI=1S/C23H28N2O2S/c1-16-13-19-21(28-16)14-20(22(26)24-9-11-27-12-10-24)25(19)15-17-5-7-18(8-6-17)23(2,3)4/h5-8,13-14H,9-12,15H2,1-4H3. The summed E-state index contributed by atoms with van der Waals surface area (Å²) in [5.41, 5.74) is 4.61. The summed E-state index contributed by atoms with van der Waals surface area (Å²) in [6.45, 7) is 12.1. The fraction of sp³-hybridized carbons (Fsp3) is 0.435. The van der Waals surface area contributed by atoms with Gasteiger partial charge in [0.1, 0.15) is 5.69 Å². The topological polar surface area (TPSA) is 34.5 Å². The largest absolute Gasteiger partial charge is 0.378 e. The first-order valence-electron chi connectivity index (χ1n) is 9.89. The van der Waals surface area contributed by atoms with Crippen LogP contribution in [0.5, 0.6) is 0 Å². The van der Waals surface area contributed by atoms with Gasteiger partial charge in [-0.2, -0.15) is 0 Å². The molecule has 0 radical (unpaired) electrons. The molecule has 1 aromatic carbocycles. The van der Waals surface area contributed by atoms with Crippen molar-refractivity contribution in [1.29, 1.82) is 0 Å². The van der Waals surface area contributed by atoms with Gasteiger partial charge < -0.3 is 14.2 Å². The van der Waals surface area contributed by atoms with Gasteiger partial charge >= 0.3 is 0 Å². The smallest absolute Gasteiger partial charge is 0.270 e. The van der Waals surface area contributed by atoms with E-state index in [1.165, 1.54) is 20.7 Å². The monoisotopic (exact) mass is 396 g/mol. The molecule has 1 aliphatic rings. The van der Waals surface area contributed by atoms with Crippen LogP contribution in [0.3, 0.4) is 0 Å². The van der Waals surface area contributed by atoms with Crippen molar-refractivity contribution >= 4 is 27.5 Å². The minimum atomic E-state index is 0.107. The Balaban J connectivity index is 1.69. The zero-order chi connectivity index (χ0) is 19.9. The number of aryl methyl sites for hydroxylation is 1. The molecule has 4 nitrogen and oxygen atoms in total. The molecule has 3 aromatic rings. The predicted molar refractivity (Wildman–Crippen MR) is 116 cm³/mol. The van der Waals surface area contributed by atoms with E-state index in [4.69, 9.17) is 4.74 Å². The lowest BCUT2D eigenvalue weighted by Crippen LogP contribution is -2.41. The number of hydrogen-bond acceptors (Lipinski definition) is 3. The Bertz CT molecular complexity index is 986. The lowest BCUT2D eigenvalue weighted by atomic mass is 9.87. The minimum absolute atomic E-state index is 0.107. The van der Waals surface area contributed by atoms with Crippen molar-refractivity contribution in [3.63, 3.8) is 0 Å². The molecule has 2 aromatic heterocycles. The molecule has 28 heavy (non-hydrogen) atoms. The van der Waals surface area contributed by atoms with E-state index < -0.39 is 0 Å². The molecule has 1 aliphatic heterocycles. The van der Waals surface area contributed by atoms with Crippen LogP contribution in [-0.4, -0.2) is 41.7 Å². The van der Waals surface area contributed by atoms with E-state index in [1.54, 1.807) is 11.3 Å². The number of thiophene rings is 1. The maximum Gasteiger partial charge on any atom is 0.270 e. The fourth-order valence-corrected chi connectivity index (χ4v) is 4.70. The molecule has 0 saturated carbocycles. The van der Waals surface area contributed by atoms with Gasteiger partial charge in [-0.25, -0.2) is 0 Å². The average molecular weight is 397 g/mol. The fourth-order valence-electron chi connectivity index (χ4n) is 3.73. The molecule has 1 fully saturated rings. The molecule has 0 bridgehead atoms. The van der Waals surface area contributed by atoms with E-state index in [1.807, 2.05) is 4.90 Å². The first-order chi connectivity index (χ1) is 13.3. The Hall–Kier alpha value is -2.11. The molecule has 148 valence electrons. The van der Waals surface area contributed by atoms with Crippen LogP contribution in [0.4, 0.5) is 0 Å². The van der Waals surface area contributed by atoms with Crippen molar-refractivity contribution in [3.8, 4) is 0 Å². The van der Waals surface area contributed by atoms with Gasteiger partial charge in [-0.3, -0.25) is 4.79 Å². The van der Waals surface area contributed by atoms with Gasteiger partial charge in [0.05, 0.1) is 23.4 Å². The molecule has 0 unspecified atom stereocenters. The number of morpholine rings is 1. The van der Waals surface area contributed by atoms with Gasteiger partial charge in [0.15, 0.2) is 0 Å². The molecule has 5 heteroatoms. The van der Waals surface area contributed by atoms with Crippen LogP contribution in [-0.2, 0) is 16.7 Å². The van der Waals surface area contributed by atoms with Crippen molar-refractivity contribution in [2.45, 2.75) is 39.7 Å². The SMILES string of the molecule is Cc1cc2c(cc(C(=O)N3CCOCC3)n2Cc2ccc(C(C)(C)C)cc2)s1. The van der Waals surface area contributed by atoms with Gasteiger partial charge in [0, 0.05) is 24.5 Å². The maximum atomic E-state index is 13.2. The first-order valence-corrected chi connectivity index (χ1v) is 10.7. The highest BCUT2D eigenvalue weighted by Gasteiger charge is 2.24. The van der Waals surface area contributed by atoms with Gasteiger partial charge in [0.25, 0.3) is 5.91 Å². The highest BCUT2D eigenvalue weighted by molar-refractivity contribution is 7.19. The quantitative estimate of drug-likeness (QED) is 0.635. The molecule has 0 spiro atoms. The van der Waals surface area contributed by atoms with Gasteiger partial charge in [-0.1, -0.05) is 45.0 Å². The molecule has 3 heterocycles. The second-order valence-electron chi connectivity index (χ2n) is 8.57. The van der Waals surface area contributed by atoms with E-state index in [0.717, 1.165) is 11.2 Å². The van der Waals surface area contributed by atoms with Crippen LogP contribution < -0.4 is 0 Å². The molecule has 1 saturated heterocycles. The molecule has 0 aliphatic carbocycles. The predicted octanol–water partition coefficient (Wildman–Crippen LogP) is 4.83. The third-order valence-electron chi connectivity index (χ3n) is 5.39. The van der Waals surface area contributed by atoms with E-state index in [2.05, 4.69) is 68.7 Å². The van der Waals surface area contributed by atoms with Crippen LogP contribution >= 0.6 is 11.3 Å². The van der Waals surface area contributed by atoms with Crippen LogP contribution in [0.1, 0.15) is 47.3 Å². The lowest BCUT2D eigenvalue weighted by Gasteiger charge is -2.27. The number of amides is 1. The number of carbonyl (C=O) groups excluding carboxylic acids is 1. The Morgan fingerprint density at radius 2 is 1.79 bits per heavy atom. The summed E-state index contributed by atoms with van der Waals surface area (Å²) in [6.07, 6.45) is 0. The van der Waals surface area contributed by atoms with E-state index in [0.29, 0.717) is 32.8 Å². The summed E-state index contributed by atoms with van der Waals surface area (Å²) in [5.74, 6) is 0.107. The molecule has 0 N–H and O–H groups in total. The number of nitrogens with zero attached hydrogens (tertiary/aromatic N) is 2. The third-order valence-corrected chi connectivity index (χ3v) is 6.38. The van der Waals surface area contributed by atoms with Crippen molar-refractivity contribution in [1.82, 2.24) is 9.47 Å². The summed E-state index contributed by atoms with van der Waals surface area (Å²) in [5, 5.41) is 0. The second-order valence-corrected chi connectivity index (χ2v) is 9.86. The normalized spacial score (nSPS) is 15.4. The Morgan fingerprint density at radius 3 is 2.43 bits per heavy atom. The molecular weight excluding hydrogens is 368 g/mol. The van der Waals surface area contributed by atoms with Gasteiger partial charge in [-0.05, 0) is 35.6 Å². The lowest BCUT2D eigenvalue weighted by molar-refractivity contribution is 0.0296. The number of aromatic nitrogens is 1. The molecular formula is C23H28N2O2S. The summed E-state index contributed by atoms with van der Waals surface area (Å²) in [4.78, 5) is 16.4. The summed E-state index contributed by atoms with van der Waals surface area (Å²) in [6, 6.07) is 13.0. The summed E-state index contributed by atoms with van der Waals surface area (Å²) >= 11 is 1.75. The minimum Gasteiger partial charge on any atom is -0.378 e. The third kappa shape index (κ3) is 3.74. The number of rotatable bonds is 3. The molecule has 1 amide bonds. The Kier molecular flexibility index (Phi) is 5.06. The van der Waals surface area contributed by atoms with E-state index in [9.17, 15) is 4.79 Å². The summed E-state index contributed by atoms with van der Waals surface area (Å²) in [7, 11) is 0. The van der Waals surface area contributed by atoms with Crippen LogP contribution in [0, 0.1) is 6.92 Å². The average Bonchev–Trinajstić information content (AvgIpc) is 3.18. The number of fused-ring (bicyclic) bond motifs is 1. The van der Waals surface area contributed by atoms with Crippen LogP contribution in [0.15, 0.2) is 36.4 Å². The van der Waals surface area contributed by atoms with Crippen molar-refractivity contribution < 1.29 is 9.53 Å². The van der Waals surface area contributed by atoms with Gasteiger partial charge in [0.2, 0.25) is 0 Å². The number of carbonyl (C=O) groups is 1. The second kappa shape index (κ2) is 7.37. The van der Waals surface area contributed by atoms with E-state index in [-0.39, 0.29) is 11.3 Å². The Morgan fingerprint density at radius 1 is 1.11 bits per heavy atom. The number of hydrogen-bond donors (Lipinski definition) is 0. The molecule has 0 atom stereocenters. The highest BCUT2D eigenvalue weighted by atomic mass is 32.1. The number of benzene rings is 1. The maximum absolute atomic E-state index is 13.2. The zero-order valence-electron chi connectivity index (χ0n) is 17.1. The van der Waals surface area contributed by atoms with Crippen LogP contribution in [0.2, 0.25) is 0 Å². The van der Waals surface area contributed by atoms with E-state index >= 15 is 0 Å².